The number of nitrogens with zero attached hydrogens (tertiary/aromatic N) is 2. The van der Waals surface area contributed by atoms with Gasteiger partial charge in [0.15, 0.2) is 0 Å². The Bertz CT molecular complexity index is 599. The van der Waals surface area contributed by atoms with Crippen LogP contribution in [0.2, 0.25) is 0 Å². The van der Waals surface area contributed by atoms with Gasteiger partial charge in [0, 0.05) is 31.7 Å². The number of carboxylic acids is 1. The van der Waals surface area contributed by atoms with Crippen molar-refractivity contribution in [1.82, 2.24) is 9.21 Å². The van der Waals surface area contributed by atoms with Gasteiger partial charge in [-0.15, -0.1) is 0 Å². The summed E-state index contributed by atoms with van der Waals surface area (Å²) in [5, 5.41) is 8.93. The molecule has 1 aliphatic rings. The fourth-order valence-electron chi connectivity index (χ4n) is 2.28. The highest BCUT2D eigenvalue weighted by Gasteiger charge is 2.24. The van der Waals surface area contributed by atoms with Gasteiger partial charge in [-0.1, -0.05) is 0 Å². The van der Waals surface area contributed by atoms with Crippen molar-refractivity contribution in [3.63, 3.8) is 0 Å². The molecule has 0 atom stereocenters. The highest BCUT2D eigenvalue weighted by molar-refractivity contribution is 7.88. The molecule has 0 aromatic carbocycles. The van der Waals surface area contributed by atoms with E-state index in [1.807, 2.05) is 4.90 Å². The van der Waals surface area contributed by atoms with Crippen molar-refractivity contribution in [2.75, 3.05) is 32.4 Å². The van der Waals surface area contributed by atoms with Gasteiger partial charge in [-0.2, -0.15) is 4.31 Å². The first kappa shape index (κ1) is 15.0. The van der Waals surface area contributed by atoms with Crippen molar-refractivity contribution in [3.8, 4) is 0 Å². The maximum atomic E-state index is 11.4. The van der Waals surface area contributed by atoms with E-state index in [9.17, 15) is 13.2 Å². The molecule has 7 nitrogen and oxygen atoms in total. The number of carbonyl (C=O) groups is 1. The number of aromatic carboxylic acids is 1. The first-order valence-electron chi connectivity index (χ1n) is 6.27. The second-order valence-corrected chi connectivity index (χ2v) is 6.95. The molecule has 1 saturated heterocycles. The Morgan fingerprint density at radius 2 is 1.95 bits per heavy atom. The van der Waals surface area contributed by atoms with Crippen LogP contribution in [0.4, 0.5) is 0 Å². The van der Waals surface area contributed by atoms with E-state index in [0.29, 0.717) is 44.0 Å². The molecule has 1 N–H and O–H groups in total. The third-order valence-corrected chi connectivity index (χ3v) is 4.65. The number of hydrogen-bond acceptors (Lipinski definition) is 5. The highest BCUT2D eigenvalue weighted by atomic mass is 32.2. The Kier molecular flexibility index (Phi) is 4.17. The monoisotopic (exact) mass is 302 g/mol. The molecule has 0 aliphatic carbocycles. The number of piperazine rings is 1. The zero-order valence-corrected chi connectivity index (χ0v) is 12.3. The highest BCUT2D eigenvalue weighted by Crippen LogP contribution is 2.17. The molecule has 1 aromatic rings. The van der Waals surface area contributed by atoms with Crippen LogP contribution < -0.4 is 0 Å². The normalized spacial score (nSPS) is 18.3. The van der Waals surface area contributed by atoms with Crippen molar-refractivity contribution in [2.45, 2.75) is 13.5 Å². The lowest BCUT2D eigenvalue weighted by atomic mass is 10.2. The number of furan rings is 1. The molecule has 2 rings (SSSR count). The minimum atomic E-state index is -3.13. The predicted molar refractivity (Wildman–Crippen MR) is 72.1 cm³/mol. The summed E-state index contributed by atoms with van der Waals surface area (Å²) in [6, 6.07) is 1.71. The second-order valence-electron chi connectivity index (χ2n) is 4.97. The molecule has 0 saturated carbocycles. The van der Waals surface area contributed by atoms with Gasteiger partial charge in [-0.3, -0.25) is 4.90 Å². The summed E-state index contributed by atoms with van der Waals surface area (Å²) < 4.78 is 29.5. The van der Waals surface area contributed by atoms with Crippen LogP contribution in [0.15, 0.2) is 10.5 Å². The van der Waals surface area contributed by atoms with E-state index in [1.54, 1.807) is 13.0 Å². The average molecular weight is 302 g/mol. The number of rotatable bonds is 4. The fourth-order valence-corrected chi connectivity index (χ4v) is 3.10. The summed E-state index contributed by atoms with van der Waals surface area (Å²) in [6.07, 6.45) is 1.21. The summed E-state index contributed by atoms with van der Waals surface area (Å²) in [6.45, 7) is 4.29. The van der Waals surface area contributed by atoms with Gasteiger partial charge in [0.1, 0.15) is 5.76 Å². The summed E-state index contributed by atoms with van der Waals surface area (Å²) in [4.78, 5) is 12.9. The number of carboxylic acid groups (broad SMARTS) is 1. The molecule has 8 heteroatoms. The summed E-state index contributed by atoms with van der Waals surface area (Å²) in [7, 11) is -3.13. The molecule has 1 aromatic heterocycles. The number of aryl methyl sites for hydroxylation is 1. The van der Waals surface area contributed by atoms with Gasteiger partial charge in [0.05, 0.1) is 12.8 Å². The summed E-state index contributed by atoms with van der Waals surface area (Å²) in [5.41, 5.74) is 0.599. The van der Waals surface area contributed by atoms with E-state index >= 15 is 0 Å². The molecule has 112 valence electrons. The molecule has 2 heterocycles. The first-order valence-corrected chi connectivity index (χ1v) is 8.12. The maximum Gasteiger partial charge on any atom is 0.372 e. The van der Waals surface area contributed by atoms with Crippen molar-refractivity contribution in [2.24, 2.45) is 0 Å². The van der Waals surface area contributed by atoms with Crippen LogP contribution in [0.3, 0.4) is 0 Å². The molecule has 0 radical (unpaired) electrons. The quantitative estimate of drug-likeness (QED) is 0.863. The molecule has 0 amide bonds. The Hall–Kier alpha value is -1.38. The van der Waals surface area contributed by atoms with Gasteiger partial charge in [0.2, 0.25) is 15.8 Å². The van der Waals surface area contributed by atoms with Gasteiger partial charge < -0.3 is 9.52 Å². The molecular weight excluding hydrogens is 284 g/mol. The zero-order chi connectivity index (χ0) is 14.9. The van der Waals surface area contributed by atoms with Gasteiger partial charge in [-0.05, 0) is 13.0 Å². The Morgan fingerprint density at radius 1 is 1.35 bits per heavy atom. The van der Waals surface area contributed by atoms with Gasteiger partial charge >= 0.3 is 5.97 Å². The predicted octanol–water partition coefficient (Wildman–Crippen LogP) is 0.363. The lowest BCUT2D eigenvalue weighted by Gasteiger charge is -2.32. The second kappa shape index (κ2) is 5.55. The van der Waals surface area contributed by atoms with Crippen molar-refractivity contribution in [1.29, 1.82) is 0 Å². The van der Waals surface area contributed by atoms with Crippen molar-refractivity contribution >= 4 is 16.0 Å². The summed E-state index contributed by atoms with van der Waals surface area (Å²) in [5.74, 6) is -0.516. The topological polar surface area (TPSA) is 91.1 Å². The number of sulfonamides is 1. The van der Waals surface area contributed by atoms with Crippen LogP contribution in [0, 0.1) is 6.92 Å². The molecule has 0 unspecified atom stereocenters. The standard InChI is InChI=1S/C12H18N2O5S/c1-9-7-10(19-11(9)12(15)16)8-13-3-5-14(6-4-13)20(2,17)18/h7H,3-6,8H2,1-2H3,(H,15,16). The van der Waals surface area contributed by atoms with Crippen LogP contribution in [0.5, 0.6) is 0 Å². The van der Waals surface area contributed by atoms with E-state index in [-0.39, 0.29) is 5.76 Å². The molecule has 1 fully saturated rings. The minimum absolute atomic E-state index is 0.0326. The van der Waals surface area contributed by atoms with Crippen LogP contribution in [-0.4, -0.2) is 61.1 Å². The third-order valence-electron chi connectivity index (χ3n) is 3.34. The molecule has 0 spiro atoms. The lowest BCUT2D eigenvalue weighted by Crippen LogP contribution is -2.47. The number of hydrogen-bond donors (Lipinski definition) is 1. The molecule has 0 bridgehead atoms. The lowest BCUT2D eigenvalue weighted by molar-refractivity contribution is 0.0656. The van der Waals surface area contributed by atoms with E-state index < -0.39 is 16.0 Å². The van der Waals surface area contributed by atoms with E-state index in [1.165, 1.54) is 10.6 Å². The maximum absolute atomic E-state index is 11.4. The molecular formula is C12H18N2O5S. The Morgan fingerprint density at radius 3 is 2.40 bits per heavy atom. The average Bonchev–Trinajstić information content (AvgIpc) is 2.70. The Balaban J connectivity index is 1.96. The van der Waals surface area contributed by atoms with E-state index in [0.717, 1.165) is 0 Å². The van der Waals surface area contributed by atoms with Crippen LogP contribution in [-0.2, 0) is 16.6 Å². The van der Waals surface area contributed by atoms with Gasteiger partial charge in [-0.25, -0.2) is 13.2 Å². The van der Waals surface area contributed by atoms with Gasteiger partial charge in [0.25, 0.3) is 0 Å². The summed E-state index contributed by atoms with van der Waals surface area (Å²) >= 11 is 0. The Labute approximate surface area is 117 Å². The molecule has 20 heavy (non-hydrogen) atoms. The zero-order valence-electron chi connectivity index (χ0n) is 11.5. The third kappa shape index (κ3) is 3.38. The van der Waals surface area contributed by atoms with Crippen LogP contribution in [0.25, 0.3) is 0 Å². The fraction of sp³-hybridized carbons (Fsp3) is 0.583. The van der Waals surface area contributed by atoms with E-state index in [4.69, 9.17) is 9.52 Å². The SMILES string of the molecule is Cc1cc(CN2CCN(S(C)(=O)=O)CC2)oc1C(=O)O. The smallest absolute Gasteiger partial charge is 0.372 e. The molecule has 1 aliphatic heterocycles. The van der Waals surface area contributed by atoms with Crippen molar-refractivity contribution < 1.29 is 22.7 Å². The van der Waals surface area contributed by atoms with Crippen molar-refractivity contribution in [3.05, 3.63) is 23.2 Å². The largest absolute Gasteiger partial charge is 0.475 e. The minimum Gasteiger partial charge on any atom is -0.475 e. The van der Waals surface area contributed by atoms with Crippen LogP contribution >= 0.6 is 0 Å². The van der Waals surface area contributed by atoms with Crippen LogP contribution in [0.1, 0.15) is 21.9 Å². The van der Waals surface area contributed by atoms with E-state index in [2.05, 4.69) is 0 Å². The first-order chi connectivity index (χ1) is 9.27.